The van der Waals surface area contributed by atoms with Crippen molar-refractivity contribution in [3.63, 3.8) is 0 Å². The first-order valence-corrected chi connectivity index (χ1v) is 10.2. The van der Waals surface area contributed by atoms with E-state index in [-0.39, 0.29) is 22.1 Å². The van der Waals surface area contributed by atoms with Crippen molar-refractivity contribution in [1.29, 1.82) is 5.26 Å². The number of aliphatic hydroxyl groups is 1. The van der Waals surface area contributed by atoms with Gasteiger partial charge in [-0.15, -0.1) is 11.8 Å². The number of amides is 1. The van der Waals surface area contributed by atoms with E-state index in [0.717, 1.165) is 5.52 Å². The third-order valence-electron chi connectivity index (χ3n) is 5.48. The highest BCUT2D eigenvalue weighted by Gasteiger charge is 2.53. The molecule has 0 saturated carbocycles. The fourth-order valence-corrected chi connectivity index (χ4v) is 5.33. The van der Waals surface area contributed by atoms with Gasteiger partial charge in [-0.25, -0.2) is 9.78 Å². The number of aromatic nitrogens is 2. The number of carbonyl (C=O) groups excluding carboxylic acids is 2. The third-order valence-corrected chi connectivity index (χ3v) is 6.98. The summed E-state index contributed by atoms with van der Waals surface area (Å²) in [6, 6.07) is 8.65. The molecule has 0 unspecified atom stereocenters. The number of carbonyl (C=O) groups is 2. The Morgan fingerprint density at radius 1 is 1.48 bits per heavy atom. The minimum Gasteiger partial charge on any atom is -0.507 e. The standard InChI is InChI=1S/C20H20N4O4S/c1-20-8-7-17(26)24(20)15(11-29-20)19(27)28-10-16(25)12(9-21)18-22-13-5-3-4-6-14(13)23(18)2/h3-6,15,25H,7-8,10-11H2,1-2H3/b16-12-/t15-,20+/m1/s1. The maximum absolute atomic E-state index is 12.6. The zero-order chi connectivity index (χ0) is 20.8. The Bertz CT molecular complexity index is 1090. The van der Waals surface area contributed by atoms with E-state index in [9.17, 15) is 20.0 Å². The van der Waals surface area contributed by atoms with Crippen molar-refractivity contribution < 1.29 is 19.4 Å². The summed E-state index contributed by atoms with van der Waals surface area (Å²) in [5.41, 5.74) is 1.45. The van der Waals surface area contributed by atoms with Gasteiger partial charge in [0.2, 0.25) is 5.91 Å². The van der Waals surface area contributed by atoms with E-state index >= 15 is 0 Å². The highest BCUT2D eigenvalue weighted by atomic mass is 32.2. The van der Waals surface area contributed by atoms with E-state index in [4.69, 9.17) is 4.74 Å². The van der Waals surface area contributed by atoms with E-state index in [1.54, 1.807) is 28.3 Å². The van der Waals surface area contributed by atoms with Crippen LogP contribution in [0.2, 0.25) is 0 Å². The highest BCUT2D eigenvalue weighted by molar-refractivity contribution is 8.01. The number of imidazole rings is 1. The molecule has 0 spiro atoms. The number of aliphatic hydroxyl groups excluding tert-OH is 1. The Morgan fingerprint density at radius 3 is 2.97 bits per heavy atom. The first kappa shape index (κ1) is 19.3. The molecule has 29 heavy (non-hydrogen) atoms. The molecule has 2 aliphatic heterocycles. The maximum atomic E-state index is 12.6. The molecule has 2 aromatic rings. The summed E-state index contributed by atoms with van der Waals surface area (Å²) in [5.74, 6) is -0.259. The fraction of sp³-hybridized carbons (Fsp3) is 0.400. The summed E-state index contributed by atoms with van der Waals surface area (Å²) in [4.78, 5) is 30.4. The lowest BCUT2D eigenvalue weighted by atomic mass is 10.2. The van der Waals surface area contributed by atoms with Gasteiger partial charge in [-0.05, 0) is 25.5 Å². The molecule has 2 fully saturated rings. The molecule has 150 valence electrons. The number of nitriles is 1. The summed E-state index contributed by atoms with van der Waals surface area (Å²) in [7, 11) is 1.75. The molecule has 0 aliphatic carbocycles. The lowest BCUT2D eigenvalue weighted by Gasteiger charge is -2.29. The maximum Gasteiger partial charge on any atom is 0.330 e. The second kappa shape index (κ2) is 7.12. The van der Waals surface area contributed by atoms with Gasteiger partial charge in [-0.2, -0.15) is 5.26 Å². The molecule has 1 amide bonds. The molecule has 1 aromatic heterocycles. The van der Waals surface area contributed by atoms with Crippen LogP contribution in [0.5, 0.6) is 0 Å². The Labute approximate surface area is 171 Å². The average molecular weight is 412 g/mol. The van der Waals surface area contributed by atoms with Crippen molar-refractivity contribution in [2.45, 2.75) is 30.7 Å². The Morgan fingerprint density at radius 2 is 2.24 bits per heavy atom. The summed E-state index contributed by atoms with van der Waals surface area (Å²) in [6.07, 6.45) is 1.13. The SMILES string of the molecule is Cn1c(/C(C#N)=C(\O)COC(=O)[C@H]2CS[C@@]3(C)CCC(=O)N23)nc2ccccc21. The number of esters is 1. The van der Waals surface area contributed by atoms with Crippen LogP contribution < -0.4 is 0 Å². The minimum absolute atomic E-state index is 0.0561. The number of rotatable bonds is 4. The summed E-state index contributed by atoms with van der Waals surface area (Å²) >= 11 is 1.57. The van der Waals surface area contributed by atoms with E-state index in [0.29, 0.717) is 29.9 Å². The average Bonchev–Trinajstić information content (AvgIpc) is 3.32. The van der Waals surface area contributed by atoms with Crippen LogP contribution in [-0.4, -0.2) is 54.7 Å². The molecule has 3 heterocycles. The van der Waals surface area contributed by atoms with Crippen LogP contribution in [0.15, 0.2) is 30.0 Å². The van der Waals surface area contributed by atoms with Gasteiger partial charge >= 0.3 is 5.97 Å². The molecule has 2 aliphatic rings. The zero-order valence-electron chi connectivity index (χ0n) is 16.1. The molecular weight excluding hydrogens is 392 g/mol. The molecule has 0 bridgehead atoms. The van der Waals surface area contributed by atoms with E-state index in [2.05, 4.69) is 4.98 Å². The molecule has 2 saturated heterocycles. The number of hydrogen-bond acceptors (Lipinski definition) is 7. The van der Waals surface area contributed by atoms with E-state index < -0.39 is 18.6 Å². The van der Waals surface area contributed by atoms with Gasteiger partial charge in [0.05, 0.1) is 15.9 Å². The minimum atomic E-state index is -0.672. The number of allylic oxidation sites excluding steroid dienone is 1. The largest absolute Gasteiger partial charge is 0.507 e. The number of ether oxygens (including phenoxy) is 1. The van der Waals surface area contributed by atoms with Crippen molar-refractivity contribution in [1.82, 2.24) is 14.5 Å². The predicted octanol–water partition coefficient (Wildman–Crippen LogP) is 2.36. The quantitative estimate of drug-likeness (QED) is 0.466. The van der Waals surface area contributed by atoms with Gasteiger partial charge in [-0.3, -0.25) is 4.79 Å². The summed E-state index contributed by atoms with van der Waals surface area (Å²) in [5, 5.41) is 20.0. The topological polar surface area (TPSA) is 108 Å². The molecule has 2 atom stereocenters. The molecule has 4 rings (SSSR count). The van der Waals surface area contributed by atoms with E-state index in [1.807, 2.05) is 37.3 Å². The Hall–Kier alpha value is -2.99. The van der Waals surface area contributed by atoms with Gasteiger partial charge < -0.3 is 19.3 Å². The molecule has 8 nitrogen and oxygen atoms in total. The number of hydrogen-bond donors (Lipinski definition) is 1. The van der Waals surface area contributed by atoms with Crippen LogP contribution in [0.3, 0.4) is 0 Å². The lowest BCUT2D eigenvalue weighted by molar-refractivity contribution is -0.153. The van der Waals surface area contributed by atoms with Gasteiger partial charge in [0, 0.05) is 19.2 Å². The third kappa shape index (κ3) is 3.13. The number of fused-ring (bicyclic) bond motifs is 2. The van der Waals surface area contributed by atoms with Gasteiger partial charge in [0.15, 0.2) is 11.6 Å². The molecular formula is C20H20N4O4S. The number of benzene rings is 1. The first-order valence-electron chi connectivity index (χ1n) is 9.22. The van der Waals surface area contributed by atoms with Crippen molar-refractivity contribution in [2.75, 3.05) is 12.4 Å². The smallest absolute Gasteiger partial charge is 0.330 e. The molecule has 9 heteroatoms. The van der Waals surface area contributed by atoms with Crippen LogP contribution in [0.25, 0.3) is 16.6 Å². The monoisotopic (exact) mass is 412 g/mol. The molecule has 1 aromatic carbocycles. The first-order chi connectivity index (χ1) is 13.9. The summed E-state index contributed by atoms with van der Waals surface area (Å²) < 4.78 is 6.97. The van der Waals surface area contributed by atoms with Crippen LogP contribution in [0, 0.1) is 11.3 Å². The van der Waals surface area contributed by atoms with Crippen molar-refractivity contribution in [3.8, 4) is 6.07 Å². The Balaban J connectivity index is 1.53. The second-order valence-corrected chi connectivity index (χ2v) is 8.79. The normalized spacial score (nSPS) is 24.4. The van der Waals surface area contributed by atoms with Crippen LogP contribution in [-0.2, 0) is 21.4 Å². The fourth-order valence-electron chi connectivity index (χ4n) is 3.92. The van der Waals surface area contributed by atoms with E-state index in [1.165, 1.54) is 0 Å². The number of para-hydroxylation sites is 2. The van der Waals surface area contributed by atoms with Crippen molar-refractivity contribution in [3.05, 3.63) is 35.8 Å². The van der Waals surface area contributed by atoms with Crippen LogP contribution in [0.4, 0.5) is 0 Å². The van der Waals surface area contributed by atoms with Crippen LogP contribution in [0.1, 0.15) is 25.6 Å². The van der Waals surface area contributed by atoms with Gasteiger partial charge in [-0.1, -0.05) is 12.1 Å². The van der Waals surface area contributed by atoms with Crippen molar-refractivity contribution >= 4 is 40.2 Å². The zero-order valence-corrected chi connectivity index (χ0v) is 16.9. The summed E-state index contributed by atoms with van der Waals surface area (Å²) in [6.45, 7) is 1.50. The highest BCUT2D eigenvalue weighted by Crippen LogP contribution is 2.47. The number of nitrogens with zero attached hydrogens (tertiary/aromatic N) is 4. The predicted molar refractivity (Wildman–Crippen MR) is 108 cm³/mol. The van der Waals surface area contributed by atoms with Crippen molar-refractivity contribution in [2.24, 2.45) is 7.05 Å². The van der Waals surface area contributed by atoms with Gasteiger partial charge in [0.1, 0.15) is 24.3 Å². The Kier molecular flexibility index (Phi) is 4.74. The second-order valence-electron chi connectivity index (χ2n) is 7.29. The van der Waals surface area contributed by atoms with Crippen LogP contribution >= 0.6 is 11.8 Å². The number of thioether (sulfide) groups is 1. The molecule has 1 N–H and O–H groups in total. The lowest BCUT2D eigenvalue weighted by Crippen LogP contribution is -2.46. The molecule has 0 radical (unpaired) electrons. The number of aryl methyl sites for hydroxylation is 1. The van der Waals surface area contributed by atoms with Gasteiger partial charge in [0.25, 0.3) is 0 Å².